The number of H-pyrrole nitrogens is 1. The van der Waals surface area contributed by atoms with Crippen LogP contribution in [0.1, 0.15) is 21.5 Å². The maximum absolute atomic E-state index is 12.8. The predicted octanol–water partition coefficient (Wildman–Crippen LogP) is 5.78. The fraction of sp³-hybridized carbons (Fsp3) is 0.0625. The number of hydrogen-bond acceptors (Lipinski definition) is 1. The molecule has 3 rings (SSSR count). The van der Waals surface area contributed by atoms with E-state index in [1.165, 1.54) is 0 Å². The van der Waals surface area contributed by atoms with E-state index >= 15 is 0 Å². The van der Waals surface area contributed by atoms with Crippen molar-refractivity contribution in [1.29, 1.82) is 0 Å². The number of carbonyl (C=O) groups is 1. The first-order valence-electron chi connectivity index (χ1n) is 6.24. The normalized spacial score (nSPS) is 11.0. The molecule has 0 aliphatic heterocycles. The van der Waals surface area contributed by atoms with Crippen molar-refractivity contribution < 1.29 is 4.79 Å². The van der Waals surface area contributed by atoms with Gasteiger partial charge >= 0.3 is 0 Å². The largest absolute Gasteiger partial charge is 0.360 e. The van der Waals surface area contributed by atoms with Crippen molar-refractivity contribution in [3.05, 3.63) is 67.7 Å². The van der Waals surface area contributed by atoms with Crippen LogP contribution in [-0.4, -0.2) is 10.8 Å². The van der Waals surface area contributed by atoms with E-state index in [-0.39, 0.29) is 5.78 Å². The zero-order valence-corrected chi connectivity index (χ0v) is 14.1. The molecule has 0 radical (unpaired) electrons. The predicted molar refractivity (Wildman–Crippen MR) is 90.6 cm³/mol. The average molecular weight is 383 g/mol. The van der Waals surface area contributed by atoms with E-state index < -0.39 is 0 Å². The lowest BCUT2D eigenvalue weighted by atomic mass is 9.99. The molecule has 1 aromatic heterocycles. The minimum absolute atomic E-state index is 0.0597. The van der Waals surface area contributed by atoms with E-state index in [2.05, 4.69) is 20.9 Å². The molecule has 106 valence electrons. The lowest BCUT2D eigenvalue weighted by Crippen LogP contribution is -2.03. The van der Waals surface area contributed by atoms with Gasteiger partial charge in [0.25, 0.3) is 0 Å². The minimum Gasteiger partial charge on any atom is -0.360 e. The minimum atomic E-state index is -0.0597. The highest BCUT2D eigenvalue weighted by Crippen LogP contribution is 2.32. The Bertz CT molecular complexity index is 870. The topological polar surface area (TPSA) is 32.9 Å². The molecule has 0 spiro atoms. The Balaban J connectivity index is 2.18. The van der Waals surface area contributed by atoms with E-state index in [4.69, 9.17) is 23.2 Å². The molecular weight excluding hydrogens is 373 g/mol. The molecule has 0 fully saturated rings. The number of nitrogens with one attached hydrogen (secondary N) is 1. The molecule has 0 saturated carbocycles. The highest BCUT2D eigenvalue weighted by atomic mass is 79.9. The summed E-state index contributed by atoms with van der Waals surface area (Å²) >= 11 is 15.6. The summed E-state index contributed by atoms with van der Waals surface area (Å²) in [6.45, 7) is 1.91. The molecule has 1 heterocycles. The Morgan fingerprint density at radius 3 is 2.62 bits per heavy atom. The van der Waals surface area contributed by atoms with Crippen LogP contribution in [-0.2, 0) is 0 Å². The number of fused-ring (bicyclic) bond motifs is 1. The first kappa shape index (κ1) is 14.6. The van der Waals surface area contributed by atoms with Crippen LogP contribution in [0, 0.1) is 6.92 Å². The number of hydrogen-bond donors (Lipinski definition) is 1. The molecule has 0 saturated heterocycles. The maximum Gasteiger partial charge on any atom is 0.195 e. The SMILES string of the molecule is Cc1cc(Br)ccc1C(=O)c1c[nH]c2cc(Cl)cc(Cl)c12. The second-order valence-corrected chi connectivity index (χ2v) is 6.56. The molecule has 3 aromatic rings. The summed E-state index contributed by atoms with van der Waals surface area (Å²) in [5.74, 6) is -0.0597. The number of aryl methyl sites for hydroxylation is 1. The van der Waals surface area contributed by atoms with Gasteiger partial charge in [-0.05, 0) is 42.8 Å². The van der Waals surface area contributed by atoms with E-state index in [0.29, 0.717) is 26.6 Å². The van der Waals surface area contributed by atoms with Crippen LogP contribution in [0.5, 0.6) is 0 Å². The Morgan fingerprint density at radius 1 is 1.14 bits per heavy atom. The summed E-state index contributed by atoms with van der Waals surface area (Å²) in [5.41, 5.74) is 2.88. The molecule has 0 aliphatic rings. The van der Waals surface area contributed by atoms with Crippen molar-refractivity contribution in [1.82, 2.24) is 4.98 Å². The number of ketones is 1. The summed E-state index contributed by atoms with van der Waals surface area (Å²) in [6.07, 6.45) is 1.68. The number of aromatic amines is 1. The van der Waals surface area contributed by atoms with E-state index in [0.717, 1.165) is 15.6 Å². The zero-order valence-electron chi connectivity index (χ0n) is 11.0. The van der Waals surface area contributed by atoms with E-state index in [1.807, 2.05) is 25.1 Å². The van der Waals surface area contributed by atoms with Crippen LogP contribution >= 0.6 is 39.1 Å². The maximum atomic E-state index is 12.8. The van der Waals surface area contributed by atoms with Gasteiger partial charge in [0.1, 0.15) is 0 Å². The van der Waals surface area contributed by atoms with Gasteiger partial charge in [-0.15, -0.1) is 0 Å². The van der Waals surface area contributed by atoms with Crippen LogP contribution in [0.15, 0.2) is 41.0 Å². The monoisotopic (exact) mass is 381 g/mol. The fourth-order valence-electron chi connectivity index (χ4n) is 2.39. The van der Waals surface area contributed by atoms with Gasteiger partial charge in [-0.25, -0.2) is 0 Å². The third kappa shape index (κ3) is 2.61. The molecule has 2 aromatic carbocycles. The van der Waals surface area contributed by atoms with Gasteiger partial charge in [0.15, 0.2) is 5.78 Å². The highest BCUT2D eigenvalue weighted by Gasteiger charge is 2.18. The number of aromatic nitrogens is 1. The van der Waals surface area contributed by atoms with Crippen molar-refractivity contribution in [2.75, 3.05) is 0 Å². The van der Waals surface area contributed by atoms with Crippen LogP contribution in [0.4, 0.5) is 0 Å². The lowest BCUT2D eigenvalue weighted by Gasteiger charge is -2.05. The second-order valence-electron chi connectivity index (χ2n) is 4.80. The Hall–Kier alpha value is -1.29. The number of halogens is 3. The molecule has 0 unspecified atom stereocenters. The number of benzene rings is 2. The zero-order chi connectivity index (χ0) is 15.1. The number of carbonyl (C=O) groups excluding carboxylic acids is 1. The summed E-state index contributed by atoms with van der Waals surface area (Å²) in [4.78, 5) is 15.8. The van der Waals surface area contributed by atoms with Crippen LogP contribution in [0.2, 0.25) is 10.0 Å². The second kappa shape index (κ2) is 5.48. The molecule has 21 heavy (non-hydrogen) atoms. The van der Waals surface area contributed by atoms with Gasteiger partial charge < -0.3 is 4.98 Å². The van der Waals surface area contributed by atoms with Crippen molar-refractivity contribution in [3.63, 3.8) is 0 Å². The Labute approximate surface area is 140 Å². The van der Waals surface area contributed by atoms with Crippen LogP contribution in [0.3, 0.4) is 0 Å². The van der Waals surface area contributed by atoms with Crippen molar-refractivity contribution >= 4 is 55.8 Å². The summed E-state index contributed by atoms with van der Waals surface area (Å²) in [5, 5.41) is 1.71. The number of rotatable bonds is 2. The lowest BCUT2D eigenvalue weighted by molar-refractivity contribution is 0.103. The smallest absolute Gasteiger partial charge is 0.195 e. The van der Waals surface area contributed by atoms with Crippen molar-refractivity contribution in [2.45, 2.75) is 6.92 Å². The molecule has 2 nitrogen and oxygen atoms in total. The van der Waals surface area contributed by atoms with Crippen LogP contribution < -0.4 is 0 Å². The Morgan fingerprint density at radius 2 is 1.90 bits per heavy atom. The standard InChI is InChI=1S/C16H10BrCl2NO/c1-8-4-9(17)2-3-11(8)16(21)12-7-20-14-6-10(18)5-13(19)15(12)14/h2-7,20H,1H3. The average Bonchev–Trinajstić information content (AvgIpc) is 2.81. The van der Waals surface area contributed by atoms with Crippen LogP contribution in [0.25, 0.3) is 10.9 Å². The van der Waals surface area contributed by atoms with Gasteiger partial charge in [-0.1, -0.05) is 39.1 Å². The van der Waals surface area contributed by atoms with Gasteiger partial charge in [0, 0.05) is 37.7 Å². The first-order chi connectivity index (χ1) is 9.97. The highest BCUT2D eigenvalue weighted by molar-refractivity contribution is 9.10. The third-order valence-electron chi connectivity index (χ3n) is 3.37. The van der Waals surface area contributed by atoms with Crippen molar-refractivity contribution in [2.24, 2.45) is 0 Å². The van der Waals surface area contributed by atoms with E-state index in [1.54, 1.807) is 18.3 Å². The molecular formula is C16H10BrCl2NO. The van der Waals surface area contributed by atoms with Gasteiger partial charge in [0.05, 0.1) is 5.02 Å². The molecule has 0 atom stereocenters. The molecule has 5 heteroatoms. The van der Waals surface area contributed by atoms with Crippen molar-refractivity contribution in [3.8, 4) is 0 Å². The van der Waals surface area contributed by atoms with Gasteiger partial charge in [-0.3, -0.25) is 4.79 Å². The molecule has 0 amide bonds. The first-order valence-corrected chi connectivity index (χ1v) is 7.79. The summed E-state index contributed by atoms with van der Waals surface area (Å²) in [7, 11) is 0. The molecule has 0 aliphatic carbocycles. The van der Waals surface area contributed by atoms with Gasteiger partial charge in [-0.2, -0.15) is 0 Å². The molecule has 0 bridgehead atoms. The summed E-state index contributed by atoms with van der Waals surface area (Å²) in [6, 6.07) is 8.98. The molecule has 1 N–H and O–H groups in total. The Kier molecular flexibility index (Phi) is 3.82. The fourth-order valence-corrected chi connectivity index (χ4v) is 3.46. The van der Waals surface area contributed by atoms with Gasteiger partial charge in [0.2, 0.25) is 0 Å². The summed E-state index contributed by atoms with van der Waals surface area (Å²) < 4.78 is 0.945. The van der Waals surface area contributed by atoms with E-state index in [9.17, 15) is 4.79 Å². The third-order valence-corrected chi connectivity index (χ3v) is 4.38. The quantitative estimate of drug-likeness (QED) is 0.560.